The summed E-state index contributed by atoms with van der Waals surface area (Å²) in [6.07, 6.45) is -5.63. The van der Waals surface area contributed by atoms with Gasteiger partial charge in [-0.1, -0.05) is 6.92 Å². The van der Waals surface area contributed by atoms with Gasteiger partial charge in [-0.3, -0.25) is 4.79 Å². The first-order chi connectivity index (χ1) is 11.2. The van der Waals surface area contributed by atoms with E-state index in [-0.39, 0.29) is 28.5 Å². The van der Waals surface area contributed by atoms with Crippen LogP contribution in [0, 0.1) is 0 Å². The first kappa shape index (κ1) is 18.1. The van der Waals surface area contributed by atoms with Gasteiger partial charge >= 0.3 is 6.18 Å². The van der Waals surface area contributed by atoms with Crippen molar-refractivity contribution in [2.75, 3.05) is 14.2 Å². The van der Waals surface area contributed by atoms with Gasteiger partial charge in [0.25, 0.3) is 11.6 Å². The van der Waals surface area contributed by atoms with E-state index in [0.29, 0.717) is 5.75 Å². The lowest BCUT2D eigenvalue weighted by Gasteiger charge is -2.32. The van der Waals surface area contributed by atoms with E-state index in [0.717, 1.165) is 0 Å². The zero-order valence-electron chi connectivity index (χ0n) is 13.3. The van der Waals surface area contributed by atoms with Crippen molar-refractivity contribution in [2.45, 2.75) is 31.7 Å². The van der Waals surface area contributed by atoms with Crippen molar-refractivity contribution in [3.05, 3.63) is 23.8 Å². The fourth-order valence-electron chi connectivity index (χ4n) is 2.34. The van der Waals surface area contributed by atoms with Gasteiger partial charge in [0, 0.05) is 17.7 Å². The summed E-state index contributed by atoms with van der Waals surface area (Å²) in [6, 6.07) is 3.90. The number of halogens is 3. The van der Waals surface area contributed by atoms with Crippen LogP contribution in [0.3, 0.4) is 0 Å². The largest absolute Gasteiger partial charge is 0.493 e. The number of alkyl halides is 3. The molecule has 0 aromatic heterocycles. The molecule has 1 aliphatic rings. The fourth-order valence-corrected chi connectivity index (χ4v) is 2.34. The molecule has 1 aromatic rings. The van der Waals surface area contributed by atoms with Gasteiger partial charge in [-0.2, -0.15) is 23.3 Å². The molecule has 6 nitrogen and oxygen atoms in total. The standard InChI is InChI=1S/C15H17F3N2O4/c1-4-10-8-14(22,15(16,17)18)20(19-10)13(21)9-5-6-11(23-2)12(7-9)24-3/h5-7,22H,4,8H2,1-3H3/t14-/m1/s1. The third-order valence-corrected chi connectivity index (χ3v) is 3.73. The molecule has 0 aliphatic carbocycles. The molecule has 1 amide bonds. The summed E-state index contributed by atoms with van der Waals surface area (Å²) in [4.78, 5) is 12.5. The second-order valence-corrected chi connectivity index (χ2v) is 5.20. The van der Waals surface area contributed by atoms with E-state index in [1.54, 1.807) is 6.92 Å². The van der Waals surface area contributed by atoms with Gasteiger partial charge in [0.15, 0.2) is 11.5 Å². The van der Waals surface area contributed by atoms with Gasteiger partial charge in [0.1, 0.15) is 0 Å². The van der Waals surface area contributed by atoms with Gasteiger partial charge in [-0.05, 0) is 24.6 Å². The predicted octanol–water partition coefficient (Wildman–Crippen LogP) is 2.57. The number of nitrogens with zero attached hydrogens (tertiary/aromatic N) is 2. The Morgan fingerprint density at radius 1 is 1.33 bits per heavy atom. The highest BCUT2D eigenvalue weighted by molar-refractivity contribution is 5.98. The number of methoxy groups -OCH3 is 2. The van der Waals surface area contributed by atoms with Crippen LogP contribution in [0.5, 0.6) is 11.5 Å². The van der Waals surface area contributed by atoms with E-state index in [2.05, 4.69) is 5.10 Å². The molecule has 2 rings (SSSR count). The number of carbonyl (C=O) groups is 1. The Morgan fingerprint density at radius 2 is 1.96 bits per heavy atom. The number of rotatable bonds is 4. The van der Waals surface area contributed by atoms with Crippen LogP contribution in [-0.4, -0.2) is 47.9 Å². The van der Waals surface area contributed by atoms with E-state index in [4.69, 9.17) is 9.47 Å². The highest BCUT2D eigenvalue weighted by Crippen LogP contribution is 2.41. The van der Waals surface area contributed by atoms with Gasteiger partial charge in [-0.15, -0.1) is 0 Å². The van der Waals surface area contributed by atoms with Crippen molar-refractivity contribution >= 4 is 11.6 Å². The van der Waals surface area contributed by atoms with E-state index in [1.165, 1.54) is 32.4 Å². The third-order valence-electron chi connectivity index (χ3n) is 3.73. The van der Waals surface area contributed by atoms with Gasteiger partial charge in [0.05, 0.1) is 14.2 Å². The minimum absolute atomic E-state index is 0.0867. The molecule has 0 bridgehead atoms. The quantitative estimate of drug-likeness (QED) is 0.910. The molecule has 1 aliphatic heterocycles. The normalized spacial score (nSPS) is 20.8. The Labute approximate surface area is 136 Å². The molecule has 0 spiro atoms. The van der Waals surface area contributed by atoms with Crippen LogP contribution >= 0.6 is 0 Å². The summed E-state index contributed by atoms with van der Waals surface area (Å²) in [7, 11) is 2.72. The van der Waals surface area contributed by atoms with Gasteiger partial charge < -0.3 is 14.6 Å². The van der Waals surface area contributed by atoms with Crippen molar-refractivity contribution in [3.63, 3.8) is 0 Å². The summed E-state index contributed by atoms with van der Waals surface area (Å²) >= 11 is 0. The summed E-state index contributed by atoms with van der Waals surface area (Å²) in [5, 5.41) is 13.8. The Balaban J connectivity index is 2.45. The molecule has 0 fully saturated rings. The first-order valence-corrected chi connectivity index (χ1v) is 7.10. The second-order valence-electron chi connectivity index (χ2n) is 5.20. The Morgan fingerprint density at radius 3 is 2.46 bits per heavy atom. The Kier molecular flexibility index (Phi) is 4.75. The summed E-state index contributed by atoms with van der Waals surface area (Å²) in [6.45, 7) is 1.60. The summed E-state index contributed by atoms with van der Waals surface area (Å²) in [5.41, 5.74) is -3.39. The van der Waals surface area contributed by atoms with Crippen molar-refractivity contribution in [1.29, 1.82) is 0 Å². The monoisotopic (exact) mass is 346 g/mol. The second kappa shape index (κ2) is 6.31. The molecule has 0 saturated carbocycles. The molecule has 1 atom stereocenters. The highest BCUT2D eigenvalue weighted by Gasteiger charge is 2.63. The van der Waals surface area contributed by atoms with E-state index < -0.39 is 24.2 Å². The SMILES string of the molecule is CCC1=NN(C(=O)c2ccc(OC)c(OC)c2)[C@](O)(C(F)(F)F)C1. The van der Waals surface area contributed by atoms with Crippen molar-refractivity contribution in [1.82, 2.24) is 5.01 Å². The number of hydrogen-bond donors (Lipinski definition) is 1. The molecule has 132 valence electrons. The fraction of sp³-hybridized carbons (Fsp3) is 0.467. The molecule has 1 N–H and O–H groups in total. The number of aliphatic hydroxyl groups is 1. The molecule has 0 unspecified atom stereocenters. The van der Waals surface area contributed by atoms with Crippen LogP contribution in [0.4, 0.5) is 13.2 Å². The summed E-state index contributed by atoms with van der Waals surface area (Å²) in [5.74, 6) is -0.587. The van der Waals surface area contributed by atoms with Gasteiger partial charge in [0.2, 0.25) is 0 Å². The number of carbonyl (C=O) groups excluding carboxylic acids is 1. The van der Waals surface area contributed by atoms with Crippen LogP contribution in [0.15, 0.2) is 23.3 Å². The lowest BCUT2D eigenvalue weighted by Crippen LogP contribution is -2.56. The summed E-state index contributed by atoms with van der Waals surface area (Å²) < 4.78 is 49.9. The molecular weight excluding hydrogens is 329 g/mol. The maximum absolute atomic E-state index is 13.3. The molecule has 0 saturated heterocycles. The average Bonchev–Trinajstić information content (AvgIpc) is 2.91. The van der Waals surface area contributed by atoms with Crippen LogP contribution in [-0.2, 0) is 0 Å². The Hall–Kier alpha value is -2.29. The first-order valence-electron chi connectivity index (χ1n) is 7.10. The van der Waals surface area contributed by atoms with Crippen molar-refractivity contribution < 1.29 is 32.5 Å². The van der Waals surface area contributed by atoms with Crippen LogP contribution in [0.2, 0.25) is 0 Å². The van der Waals surface area contributed by atoms with Gasteiger partial charge in [-0.25, -0.2) is 0 Å². The number of amides is 1. The zero-order valence-corrected chi connectivity index (χ0v) is 13.3. The molecule has 9 heteroatoms. The molecule has 0 radical (unpaired) electrons. The topological polar surface area (TPSA) is 71.4 Å². The maximum atomic E-state index is 13.3. The number of ether oxygens (including phenoxy) is 2. The minimum Gasteiger partial charge on any atom is -0.493 e. The lowest BCUT2D eigenvalue weighted by atomic mass is 10.0. The Bertz CT molecular complexity index is 675. The number of hydrogen-bond acceptors (Lipinski definition) is 5. The van der Waals surface area contributed by atoms with E-state index in [9.17, 15) is 23.1 Å². The average molecular weight is 346 g/mol. The smallest absolute Gasteiger partial charge is 0.438 e. The third kappa shape index (κ3) is 2.91. The molecular formula is C15H17F3N2O4. The van der Waals surface area contributed by atoms with E-state index >= 15 is 0 Å². The zero-order chi connectivity index (χ0) is 18.1. The van der Waals surface area contributed by atoms with Crippen LogP contribution in [0.1, 0.15) is 30.1 Å². The predicted molar refractivity (Wildman–Crippen MR) is 79.1 cm³/mol. The van der Waals surface area contributed by atoms with Crippen molar-refractivity contribution in [3.8, 4) is 11.5 Å². The van der Waals surface area contributed by atoms with Crippen LogP contribution < -0.4 is 9.47 Å². The molecule has 1 heterocycles. The van der Waals surface area contributed by atoms with Crippen molar-refractivity contribution in [2.24, 2.45) is 5.10 Å². The highest BCUT2D eigenvalue weighted by atomic mass is 19.4. The number of hydrazone groups is 1. The number of benzene rings is 1. The minimum atomic E-state index is -5.04. The van der Waals surface area contributed by atoms with Crippen LogP contribution in [0.25, 0.3) is 0 Å². The van der Waals surface area contributed by atoms with E-state index in [1.807, 2.05) is 0 Å². The lowest BCUT2D eigenvalue weighted by molar-refractivity contribution is -0.297. The molecule has 24 heavy (non-hydrogen) atoms. The molecule has 1 aromatic carbocycles. The maximum Gasteiger partial charge on any atom is 0.438 e.